The van der Waals surface area contributed by atoms with Gasteiger partial charge in [0.05, 0.1) is 16.7 Å². The molecule has 4 heteroatoms. The average molecular weight is 413 g/mol. The van der Waals surface area contributed by atoms with Gasteiger partial charge in [-0.25, -0.2) is 9.97 Å². The predicted molar refractivity (Wildman–Crippen MR) is 125 cm³/mol. The van der Waals surface area contributed by atoms with E-state index in [9.17, 15) is 5.11 Å². The van der Waals surface area contributed by atoms with E-state index in [4.69, 9.17) is 4.98 Å². The number of hydrogen-bond donors (Lipinski definition) is 1. The van der Waals surface area contributed by atoms with E-state index in [1.165, 1.54) is 16.0 Å². The van der Waals surface area contributed by atoms with Crippen molar-refractivity contribution in [3.05, 3.63) is 106 Å². The van der Waals surface area contributed by atoms with Crippen LogP contribution in [0.3, 0.4) is 0 Å². The van der Waals surface area contributed by atoms with Crippen molar-refractivity contribution in [1.82, 2.24) is 9.97 Å². The summed E-state index contributed by atoms with van der Waals surface area (Å²) in [5.74, 6) is 0.778. The van der Waals surface area contributed by atoms with E-state index in [0.29, 0.717) is 6.42 Å². The minimum atomic E-state index is -0.477. The van der Waals surface area contributed by atoms with Gasteiger partial charge in [-0.05, 0) is 54.8 Å². The second-order valence-electron chi connectivity index (χ2n) is 7.41. The number of aromatic nitrogens is 2. The fourth-order valence-corrected chi connectivity index (χ4v) is 4.18. The molecule has 0 aliphatic rings. The van der Waals surface area contributed by atoms with Crippen LogP contribution in [0.4, 0.5) is 0 Å². The summed E-state index contributed by atoms with van der Waals surface area (Å²) in [6.45, 7) is 3.88. The lowest BCUT2D eigenvalue weighted by atomic mass is 10.0. The third-order valence-electron chi connectivity index (χ3n) is 4.86. The van der Waals surface area contributed by atoms with Crippen molar-refractivity contribution >= 4 is 23.5 Å². The monoisotopic (exact) mass is 412 g/mol. The van der Waals surface area contributed by atoms with Crippen molar-refractivity contribution in [3.8, 4) is 10.6 Å². The Morgan fingerprint density at radius 2 is 1.87 bits per heavy atom. The van der Waals surface area contributed by atoms with Crippen molar-refractivity contribution in [3.63, 3.8) is 0 Å². The molecule has 1 unspecified atom stereocenters. The molecule has 150 valence electrons. The number of nitrogens with zero attached hydrogens (tertiary/aromatic N) is 2. The van der Waals surface area contributed by atoms with Gasteiger partial charge in [0.1, 0.15) is 5.82 Å². The summed E-state index contributed by atoms with van der Waals surface area (Å²) in [4.78, 5) is 11.5. The second kappa shape index (κ2) is 9.16. The van der Waals surface area contributed by atoms with Gasteiger partial charge in [-0.15, -0.1) is 11.3 Å². The molecule has 0 radical (unpaired) electrons. The van der Waals surface area contributed by atoms with Crippen LogP contribution < -0.4 is 0 Å². The highest BCUT2D eigenvalue weighted by atomic mass is 32.1. The third-order valence-corrected chi connectivity index (χ3v) is 5.94. The smallest absolute Gasteiger partial charge is 0.133 e. The summed E-state index contributed by atoms with van der Waals surface area (Å²) in [6, 6.07) is 22.6. The zero-order valence-corrected chi connectivity index (χ0v) is 17.9. The molecular formula is C26H24N2OS. The molecule has 1 atom stereocenters. The van der Waals surface area contributed by atoms with Gasteiger partial charge in [0.2, 0.25) is 0 Å². The molecule has 2 aromatic carbocycles. The first-order valence-electron chi connectivity index (χ1n) is 10.0. The highest BCUT2D eigenvalue weighted by molar-refractivity contribution is 7.16. The molecule has 4 aromatic rings. The number of aliphatic hydroxyl groups excluding tert-OH is 1. The van der Waals surface area contributed by atoms with Gasteiger partial charge < -0.3 is 5.11 Å². The maximum atomic E-state index is 9.80. The topological polar surface area (TPSA) is 46.0 Å². The lowest BCUT2D eigenvalue weighted by Crippen LogP contribution is -1.99. The van der Waals surface area contributed by atoms with Crippen LogP contribution in [0.1, 0.15) is 46.0 Å². The predicted octanol–water partition coefficient (Wildman–Crippen LogP) is 6.33. The van der Waals surface area contributed by atoms with Crippen LogP contribution in [0.15, 0.2) is 72.9 Å². The number of aryl methyl sites for hydroxylation is 1. The fourth-order valence-electron chi connectivity index (χ4n) is 3.30. The first-order chi connectivity index (χ1) is 14.6. The van der Waals surface area contributed by atoms with E-state index < -0.39 is 6.10 Å². The molecule has 1 N–H and O–H groups in total. The Morgan fingerprint density at radius 1 is 1.00 bits per heavy atom. The lowest BCUT2D eigenvalue weighted by molar-refractivity contribution is 0.199. The maximum absolute atomic E-state index is 9.80. The molecule has 2 aromatic heterocycles. The number of benzene rings is 2. The van der Waals surface area contributed by atoms with Crippen LogP contribution in [0.2, 0.25) is 0 Å². The van der Waals surface area contributed by atoms with Crippen LogP contribution in [-0.4, -0.2) is 15.1 Å². The van der Waals surface area contributed by atoms with E-state index in [2.05, 4.69) is 60.5 Å². The lowest BCUT2D eigenvalue weighted by Gasteiger charge is -2.07. The SMILES string of the molecule is Cc1cccc(/C=C/c2ccc(-c3ccnc(Cc4cccc(C(C)O)c4)n3)s2)c1. The van der Waals surface area contributed by atoms with Crippen LogP contribution in [0, 0.1) is 6.92 Å². The Hall–Kier alpha value is -3.08. The summed E-state index contributed by atoms with van der Waals surface area (Å²) < 4.78 is 0. The molecule has 2 heterocycles. The van der Waals surface area contributed by atoms with Gasteiger partial charge in [-0.1, -0.05) is 60.2 Å². The van der Waals surface area contributed by atoms with Gasteiger partial charge >= 0.3 is 0 Å². The summed E-state index contributed by atoms with van der Waals surface area (Å²) in [6.07, 6.45) is 6.27. The van der Waals surface area contributed by atoms with Crippen LogP contribution >= 0.6 is 11.3 Å². The second-order valence-corrected chi connectivity index (χ2v) is 8.52. The molecular weight excluding hydrogens is 388 g/mol. The molecule has 0 saturated carbocycles. The zero-order valence-electron chi connectivity index (χ0n) is 17.1. The normalized spacial score (nSPS) is 12.4. The Balaban J connectivity index is 1.51. The van der Waals surface area contributed by atoms with Crippen molar-refractivity contribution in [2.45, 2.75) is 26.4 Å². The molecule has 0 saturated heterocycles. The van der Waals surface area contributed by atoms with E-state index in [1.54, 1.807) is 18.3 Å². The van der Waals surface area contributed by atoms with E-state index in [-0.39, 0.29) is 0 Å². The highest BCUT2D eigenvalue weighted by Crippen LogP contribution is 2.28. The molecule has 0 aliphatic carbocycles. The molecule has 0 bridgehead atoms. The molecule has 0 spiro atoms. The van der Waals surface area contributed by atoms with Crippen molar-refractivity contribution in [1.29, 1.82) is 0 Å². The van der Waals surface area contributed by atoms with Crippen LogP contribution in [0.25, 0.3) is 22.7 Å². The summed E-state index contributed by atoms with van der Waals surface area (Å²) in [5.41, 5.74) is 5.41. The standard InChI is InChI=1S/C26H24N2OS/c1-18-5-3-6-20(15-18)9-10-23-11-12-25(30-23)24-13-14-27-26(28-24)17-21-7-4-8-22(16-21)19(2)29/h3-16,19,29H,17H2,1-2H3/b10-9+. The Morgan fingerprint density at radius 3 is 2.70 bits per heavy atom. The van der Waals surface area contributed by atoms with Crippen LogP contribution in [-0.2, 0) is 6.42 Å². The minimum absolute atomic E-state index is 0.477. The number of thiophene rings is 1. The highest BCUT2D eigenvalue weighted by Gasteiger charge is 2.07. The molecule has 30 heavy (non-hydrogen) atoms. The van der Waals surface area contributed by atoms with E-state index in [0.717, 1.165) is 27.5 Å². The molecule has 0 fully saturated rings. The zero-order chi connectivity index (χ0) is 20.9. The summed E-state index contributed by atoms with van der Waals surface area (Å²) >= 11 is 1.72. The van der Waals surface area contributed by atoms with Gasteiger partial charge in [-0.3, -0.25) is 0 Å². The van der Waals surface area contributed by atoms with Crippen LogP contribution in [0.5, 0.6) is 0 Å². The Bertz CT molecular complexity index is 1180. The summed E-state index contributed by atoms with van der Waals surface area (Å²) in [7, 11) is 0. The Labute approximate surface area is 181 Å². The number of hydrogen-bond acceptors (Lipinski definition) is 4. The van der Waals surface area contributed by atoms with E-state index >= 15 is 0 Å². The molecule has 0 aliphatic heterocycles. The van der Waals surface area contributed by atoms with Crippen molar-refractivity contribution in [2.75, 3.05) is 0 Å². The van der Waals surface area contributed by atoms with Gasteiger partial charge in [-0.2, -0.15) is 0 Å². The average Bonchev–Trinajstić information content (AvgIpc) is 3.22. The number of rotatable bonds is 6. The third kappa shape index (κ3) is 5.09. The molecule has 0 amide bonds. The van der Waals surface area contributed by atoms with Crippen molar-refractivity contribution in [2.24, 2.45) is 0 Å². The quantitative estimate of drug-likeness (QED) is 0.403. The molecule has 3 nitrogen and oxygen atoms in total. The number of aliphatic hydroxyl groups is 1. The molecule has 4 rings (SSSR count). The first kappa shape index (κ1) is 20.2. The fraction of sp³-hybridized carbons (Fsp3) is 0.154. The Kier molecular flexibility index (Phi) is 6.17. The van der Waals surface area contributed by atoms with Crippen molar-refractivity contribution < 1.29 is 5.11 Å². The summed E-state index contributed by atoms with van der Waals surface area (Å²) in [5, 5.41) is 9.80. The minimum Gasteiger partial charge on any atom is -0.389 e. The first-order valence-corrected chi connectivity index (χ1v) is 10.8. The maximum Gasteiger partial charge on any atom is 0.133 e. The van der Waals surface area contributed by atoms with Gasteiger partial charge in [0.15, 0.2) is 0 Å². The van der Waals surface area contributed by atoms with Gasteiger partial charge in [0, 0.05) is 17.5 Å². The van der Waals surface area contributed by atoms with E-state index in [1.807, 2.05) is 36.5 Å². The largest absolute Gasteiger partial charge is 0.389 e. The van der Waals surface area contributed by atoms with Gasteiger partial charge in [0.25, 0.3) is 0 Å².